The average molecular weight is 533 g/mol. The first-order chi connectivity index (χ1) is 16.7. The molecule has 0 radical (unpaired) electrons. The van der Waals surface area contributed by atoms with E-state index in [0.29, 0.717) is 0 Å². The first-order valence-electron chi connectivity index (χ1n) is 10.1. The van der Waals surface area contributed by atoms with Crippen LogP contribution in [0.1, 0.15) is 44.3 Å². The molecule has 0 amide bonds. The van der Waals surface area contributed by atoms with Crippen molar-refractivity contribution in [1.82, 2.24) is 0 Å². The Bertz CT molecular complexity index is 1670. The van der Waals surface area contributed by atoms with Gasteiger partial charge in [-0.2, -0.15) is 16.8 Å². The molecule has 2 aliphatic heterocycles. The van der Waals surface area contributed by atoms with Crippen molar-refractivity contribution in [2.45, 2.75) is 22.3 Å². The highest BCUT2D eigenvalue weighted by atomic mass is 32.2. The van der Waals surface area contributed by atoms with E-state index < -0.39 is 64.5 Å². The lowest BCUT2D eigenvalue weighted by Crippen LogP contribution is -2.34. The highest BCUT2D eigenvalue weighted by Gasteiger charge is 2.56. The summed E-state index contributed by atoms with van der Waals surface area (Å²) in [5.41, 5.74) is 8.68. The van der Waals surface area contributed by atoms with E-state index in [-0.39, 0.29) is 33.6 Å². The minimum absolute atomic E-state index is 0.0584. The number of hydrogen-bond donors (Lipinski definition) is 4. The molecule has 36 heavy (non-hydrogen) atoms. The van der Waals surface area contributed by atoms with Gasteiger partial charge in [-0.3, -0.25) is 13.9 Å². The first kappa shape index (κ1) is 23.7. The van der Waals surface area contributed by atoms with Crippen molar-refractivity contribution < 1.29 is 45.0 Å². The van der Waals surface area contributed by atoms with Crippen molar-refractivity contribution in [3.8, 4) is 11.5 Å². The van der Waals surface area contributed by atoms with Gasteiger partial charge in [0.15, 0.2) is 32.7 Å². The fourth-order valence-corrected chi connectivity index (χ4v) is 6.08. The summed E-state index contributed by atoms with van der Waals surface area (Å²) in [4.78, 5) is 23.1. The summed E-state index contributed by atoms with van der Waals surface area (Å²) >= 11 is 0. The maximum absolute atomic E-state index is 13.1. The van der Waals surface area contributed by atoms with Crippen molar-refractivity contribution in [3.63, 3.8) is 0 Å². The van der Waals surface area contributed by atoms with Crippen LogP contribution in [-0.4, -0.2) is 37.7 Å². The SMILES string of the molecule is CC(=O)c1ccc2c(c1)C(=O)OC21c2ccc(N)c(S(=O)(=O)O)c2Oc2c1ccc(N)c2S(=O)(=O)O. The number of fused-ring (bicyclic) bond motifs is 6. The molecule has 0 bridgehead atoms. The van der Waals surface area contributed by atoms with Gasteiger partial charge in [0.2, 0.25) is 0 Å². The summed E-state index contributed by atoms with van der Waals surface area (Å²) in [6.45, 7) is 1.29. The van der Waals surface area contributed by atoms with Crippen molar-refractivity contribution in [3.05, 3.63) is 70.3 Å². The van der Waals surface area contributed by atoms with Crippen molar-refractivity contribution in [1.29, 1.82) is 0 Å². The summed E-state index contributed by atoms with van der Waals surface area (Å²) in [5.74, 6) is -2.54. The maximum Gasteiger partial charge on any atom is 0.340 e. The Balaban J connectivity index is 2.00. The molecular formula is C22H16N2O10S2. The minimum atomic E-state index is -5.07. The minimum Gasteiger partial charge on any atom is -0.453 e. The average Bonchev–Trinajstić information content (AvgIpc) is 3.04. The Morgan fingerprint density at radius 2 is 1.31 bits per heavy atom. The van der Waals surface area contributed by atoms with Crippen molar-refractivity contribution in [2.24, 2.45) is 0 Å². The van der Waals surface area contributed by atoms with Crippen LogP contribution in [0, 0.1) is 0 Å². The number of carbonyl (C=O) groups excluding carboxylic acids is 2. The van der Waals surface area contributed by atoms with Gasteiger partial charge in [0.05, 0.1) is 16.9 Å². The Morgan fingerprint density at radius 3 is 1.75 bits per heavy atom. The number of rotatable bonds is 3. The summed E-state index contributed by atoms with van der Waals surface area (Å²) in [6, 6.07) is 8.92. The van der Waals surface area contributed by atoms with Crippen LogP contribution < -0.4 is 16.2 Å². The largest absolute Gasteiger partial charge is 0.453 e. The molecule has 0 atom stereocenters. The number of esters is 1. The fraction of sp³-hybridized carbons (Fsp3) is 0.0909. The van der Waals surface area contributed by atoms with Crippen LogP contribution in [0.5, 0.6) is 11.5 Å². The Labute approximate surface area is 203 Å². The normalized spacial score (nSPS) is 15.5. The number of Topliss-reactive ketones (excluding diaryl/α,β-unsaturated/α-hetero) is 1. The number of carbonyl (C=O) groups is 2. The van der Waals surface area contributed by atoms with Crippen LogP contribution >= 0.6 is 0 Å². The third kappa shape index (κ3) is 3.12. The molecule has 0 saturated heterocycles. The van der Waals surface area contributed by atoms with Crippen LogP contribution in [0.25, 0.3) is 0 Å². The quantitative estimate of drug-likeness (QED) is 0.165. The van der Waals surface area contributed by atoms with Gasteiger partial charge in [-0.05, 0) is 37.3 Å². The van der Waals surface area contributed by atoms with E-state index in [1.54, 1.807) is 0 Å². The summed E-state index contributed by atoms with van der Waals surface area (Å²) in [6.07, 6.45) is 0. The number of anilines is 2. The van der Waals surface area contributed by atoms with E-state index in [9.17, 15) is 35.5 Å². The lowest BCUT2D eigenvalue weighted by Gasteiger charge is -2.37. The predicted octanol–water partition coefficient (Wildman–Crippen LogP) is 2.12. The summed E-state index contributed by atoms with van der Waals surface area (Å²) in [7, 11) is -10.1. The molecule has 6 N–H and O–H groups in total. The van der Waals surface area contributed by atoms with Gasteiger partial charge in [0, 0.05) is 22.3 Å². The smallest absolute Gasteiger partial charge is 0.340 e. The standard InChI is InChI=1S/C22H16N2O10S2/c1-9(25)10-2-3-12-11(8-10)21(26)34-22(12)13-4-6-15(23)19(35(27,28)29)17(13)33-18-14(22)5-7-16(24)20(18)36(30,31)32/h2-8H,23-24H2,1H3,(H,27,28,29)(H,30,31,32). The van der Waals surface area contributed by atoms with Crippen LogP contribution in [0.2, 0.25) is 0 Å². The second kappa shape index (κ2) is 7.27. The predicted molar refractivity (Wildman–Crippen MR) is 123 cm³/mol. The van der Waals surface area contributed by atoms with Gasteiger partial charge >= 0.3 is 5.97 Å². The van der Waals surface area contributed by atoms with Gasteiger partial charge < -0.3 is 20.9 Å². The summed E-state index contributed by atoms with van der Waals surface area (Å²) in [5, 5.41) is 0. The topological polar surface area (TPSA) is 213 Å². The second-order valence-corrected chi connectivity index (χ2v) is 10.9. The fourth-order valence-electron chi connectivity index (χ4n) is 4.58. The Kier molecular flexibility index (Phi) is 4.79. The van der Waals surface area contributed by atoms with E-state index in [0.717, 1.165) is 12.1 Å². The van der Waals surface area contributed by atoms with Gasteiger partial charge in [-0.1, -0.05) is 12.1 Å². The molecular weight excluding hydrogens is 516 g/mol. The Morgan fingerprint density at radius 1 is 0.833 bits per heavy atom. The molecule has 3 aromatic carbocycles. The van der Waals surface area contributed by atoms with Crippen molar-refractivity contribution >= 4 is 43.4 Å². The second-order valence-electron chi connectivity index (χ2n) is 8.16. The zero-order valence-corrected chi connectivity index (χ0v) is 19.8. The number of nitrogen functional groups attached to an aromatic ring is 2. The number of ketones is 1. The molecule has 0 fully saturated rings. The van der Waals surface area contributed by atoms with Crippen LogP contribution in [0.4, 0.5) is 11.4 Å². The molecule has 0 saturated carbocycles. The molecule has 0 aliphatic carbocycles. The van der Waals surface area contributed by atoms with Gasteiger partial charge in [-0.15, -0.1) is 0 Å². The molecule has 12 nitrogen and oxygen atoms in total. The zero-order valence-electron chi connectivity index (χ0n) is 18.2. The molecule has 2 heterocycles. The molecule has 2 aliphatic rings. The van der Waals surface area contributed by atoms with E-state index in [1.807, 2.05) is 0 Å². The van der Waals surface area contributed by atoms with E-state index >= 15 is 0 Å². The summed E-state index contributed by atoms with van der Waals surface area (Å²) < 4.78 is 80.4. The zero-order chi connectivity index (χ0) is 26.4. The molecule has 1 spiro atoms. The molecule has 14 heteroatoms. The molecule has 0 aromatic heterocycles. The van der Waals surface area contributed by atoms with Crippen molar-refractivity contribution in [2.75, 3.05) is 11.5 Å². The van der Waals surface area contributed by atoms with E-state index in [4.69, 9.17) is 20.9 Å². The molecule has 3 aromatic rings. The maximum atomic E-state index is 13.1. The van der Waals surface area contributed by atoms with Crippen LogP contribution in [-0.2, 0) is 30.6 Å². The van der Waals surface area contributed by atoms with Gasteiger partial charge in [0.1, 0.15) is 0 Å². The highest BCUT2D eigenvalue weighted by Crippen LogP contribution is 2.59. The number of nitrogens with two attached hydrogens (primary N) is 2. The lowest BCUT2D eigenvalue weighted by atomic mass is 9.77. The van der Waals surface area contributed by atoms with Crippen LogP contribution in [0.3, 0.4) is 0 Å². The number of ether oxygens (including phenoxy) is 2. The van der Waals surface area contributed by atoms with Gasteiger partial charge in [-0.25, -0.2) is 4.79 Å². The third-order valence-corrected chi connectivity index (χ3v) is 7.91. The molecule has 5 rings (SSSR count). The van der Waals surface area contributed by atoms with Crippen LogP contribution in [0.15, 0.2) is 52.3 Å². The monoisotopic (exact) mass is 532 g/mol. The van der Waals surface area contributed by atoms with E-state index in [1.165, 1.54) is 37.3 Å². The molecule has 0 unspecified atom stereocenters. The first-order valence-corrected chi connectivity index (χ1v) is 12.9. The highest BCUT2D eigenvalue weighted by molar-refractivity contribution is 7.86. The number of benzene rings is 3. The lowest BCUT2D eigenvalue weighted by molar-refractivity contribution is 0.0221. The van der Waals surface area contributed by atoms with E-state index in [2.05, 4.69) is 0 Å². The molecule has 186 valence electrons. The Hall–Kier alpha value is -3.98. The number of hydrogen-bond acceptors (Lipinski definition) is 10. The third-order valence-electron chi connectivity index (χ3n) is 6.03. The van der Waals surface area contributed by atoms with Gasteiger partial charge in [0.25, 0.3) is 20.2 Å².